The lowest BCUT2D eigenvalue weighted by Gasteiger charge is -2.10. The summed E-state index contributed by atoms with van der Waals surface area (Å²) < 4.78 is 42.1. The van der Waals surface area contributed by atoms with E-state index in [2.05, 4.69) is 15.0 Å². The van der Waals surface area contributed by atoms with Crippen molar-refractivity contribution in [1.82, 2.24) is 4.98 Å². The molecule has 0 bridgehead atoms. The van der Waals surface area contributed by atoms with Crippen LogP contribution in [0.5, 0.6) is 0 Å². The van der Waals surface area contributed by atoms with Crippen molar-refractivity contribution in [2.45, 2.75) is 17.2 Å². The van der Waals surface area contributed by atoms with Crippen LogP contribution >= 0.6 is 0 Å². The van der Waals surface area contributed by atoms with Gasteiger partial charge < -0.3 is 5.32 Å². The molecular weight excluding hydrogens is 441 g/mol. The van der Waals surface area contributed by atoms with E-state index in [9.17, 15) is 17.6 Å². The molecule has 1 aromatic heterocycles. The van der Waals surface area contributed by atoms with Gasteiger partial charge >= 0.3 is 0 Å². The van der Waals surface area contributed by atoms with Crippen LogP contribution in [0.3, 0.4) is 0 Å². The van der Waals surface area contributed by atoms with Crippen molar-refractivity contribution in [3.05, 3.63) is 96.4 Å². The normalized spacial score (nSPS) is 17.5. The number of halogens is 1. The van der Waals surface area contributed by atoms with Crippen LogP contribution in [0.25, 0.3) is 10.8 Å². The number of hydrogen-bond acceptors (Lipinski definition) is 4. The Bertz CT molecular complexity index is 1460. The number of nitrogens with zero attached hydrogens (tertiary/aromatic N) is 1. The predicted molar refractivity (Wildman–Crippen MR) is 125 cm³/mol. The van der Waals surface area contributed by atoms with E-state index in [1.54, 1.807) is 12.1 Å². The standard InChI is InChI=1S/C25H20FN3O3S/c26-22-11-9-18(14-23(22)33(31,32)29-24-7-3-4-12-27-24)20-15-21(20)25(30)28-19-10-8-16-5-1-2-6-17(16)13-19/h1-14,20-21H,15H2,(H,27,29)(H,28,30)/t20-,21+/m0/s1. The number of sulfonamides is 1. The average molecular weight is 462 g/mol. The van der Waals surface area contributed by atoms with Crippen molar-refractivity contribution in [1.29, 1.82) is 0 Å². The fourth-order valence-electron chi connectivity index (χ4n) is 3.93. The fourth-order valence-corrected chi connectivity index (χ4v) is 5.05. The zero-order valence-electron chi connectivity index (χ0n) is 17.4. The second-order valence-electron chi connectivity index (χ2n) is 8.01. The van der Waals surface area contributed by atoms with Crippen molar-refractivity contribution in [3.8, 4) is 0 Å². The first-order valence-corrected chi connectivity index (χ1v) is 11.9. The lowest BCUT2D eigenvalue weighted by Crippen LogP contribution is -2.16. The zero-order chi connectivity index (χ0) is 23.0. The largest absolute Gasteiger partial charge is 0.326 e. The second-order valence-corrected chi connectivity index (χ2v) is 9.66. The number of nitrogens with one attached hydrogen (secondary N) is 2. The Kier molecular flexibility index (Phi) is 5.30. The van der Waals surface area contributed by atoms with Gasteiger partial charge in [0.1, 0.15) is 16.5 Å². The summed E-state index contributed by atoms with van der Waals surface area (Å²) in [5.74, 6) is -1.38. The summed E-state index contributed by atoms with van der Waals surface area (Å²) >= 11 is 0. The smallest absolute Gasteiger partial charge is 0.265 e. The van der Waals surface area contributed by atoms with Crippen LogP contribution in [0.15, 0.2) is 90.0 Å². The number of fused-ring (bicyclic) bond motifs is 1. The Hall–Kier alpha value is -3.78. The summed E-state index contributed by atoms with van der Waals surface area (Å²) in [7, 11) is -4.17. The molecule has 6 nitrogen and oxygen atoms in total. The Morgan fingerprint density at radius 3 is 2.52 bits per heavy atom. The highest BCUT2D eigenvalue weighted by Gasteiger charge is 2.44. The van der Waals surface area contributed by atoms with Gasteiger partial charge in [-0.25, -0.2) is 17.8 Å². The highest BCUT2D eigenvalue weighted by atomic mass is 32.2. The highest BCUT2D eigenvalue weighted by molar-refractivity contribution is 7.92. The van der Waals surface area contributed by atoms with Gasteiger partial charge in [-0.2, -0.15) is 0 Å². The number of benzene rings is 3. The van der Waals surface area contributed by atoms with E-state index in [0.29, 0.717) is 17.7 Å². The molecule has 1 aliphatic carbocycles. The molecule has 3 aromatic carbocycles. The lowest BCUT2D eigenvalue weighted by atomic mass is 10.1. The Balaban J connectivity index is 1.32. The molecule has 33 heavy (non-hydrogen) atoms. The van der Waals surface area contributed by atoms with E-state index < -0.39 is 20.7 Å². The minimum atomic E-state index is -4.17. The first-order chi connectivity index (χ1) is 15.9. The third kappa shape index (κ3) is 4.42. The maximum Gasteiger partial charge on any atom is 0.265 e. The molecule has 1 amide bonds. The number of carbonyl (C=O) groups is 1. The van der Waals surface area contributed by atoms with Gasteiger partial charge in [-0.3, -0.25) is 9.52 Å². The van der Waals surface area contributed by atoms with Gasteiger partial charge in [-0.05, 0) is 65.1 Å². The van der Waals surface area contributed by atoms with E-state index in [-0.39, 0.29) is 23.6 Å². The molecule has 8 heteroatoms. The number of anilines is 2. The van der Waals surface area contributed by atoms with Crippen LogP contribution in [0.2, 0.25) is 0 Å². The Labute approximate surface area is 190 Å². The summed E-state index contributed by atoms with van der Waals surface area (Å²) in [4.78, 5) is 16.2. The van der Waals surface area contributed by atoms with E-state index in [0.717, 1.165) is 16.8 Å². The molecule has 0 saturated heterocycles. The van der Waals surface area contributed by atoms with E-state index in [1.165, 1.54) is 24.4 Å². The number of hydrogen-bond donors (Lipinski definition) is 2. The maximum atomic E-state index is 14.4. The Morgan fingerprint density at radius 1 is 0.939 bits per heavy atom. The van der Waals surface area contributed by atoms with Gasteiger partial charge in [0, 0.05) is 17.8 Å². The zero-order valence-corrected chi connectivity index (χ0v) is 18.2. The van der Waals surface area contributed by atoms with Crippen LogP contribution in [0.4, 0.5) is 15.9 Å². The van der Waals surface area contributed by atoms with Crippen LogP contribution in [0, 0.1) is 11.7 Å². The molecule has 1 aliphatic rings. The van der Waals surface area contributed by atoms with Crippen LogP contribution < -0.4 is 10.0 Å². The minimum Gasteiger partial charge on any atom is -0.326 e. The minimum absolute atomic E-state index is 0.0985. The number of rotatable bonds is 6. The maximum absolute atomic E-state index is 14.4. The van der Waals surface area contributed by atoms with Gasteiger partial charge in [0.05, 0.1) is 0 Å². The molecule has 1 saturated carbocycles. The third-order valence-electron chi connectivity index (χ3n) is 5.72. The van der Waals surface area contributed by atoms with E-state index in [4.69, 9.17) is 0 Å². The molecule has 0 spiro atoms. The molecule has 0 unspecified atom stereocenters. The molecule has 2 atom stereocenters. The summed E-state index contributed by atoms with van der Waals surface area (Å²) in [5, 5.41) is 5.04. The lowest BCUT2D eigenvalue weighted by molar-refractivity contribution is -0.117. The molecule has 1 heterocycles. The van der Waals surface area contributed by atoms with Crippen LogP contribution in [-0.4, -0.2) is 19.3 Å². The first-order valence-electron chi connectivity index (χ1n) is 10.4. The van der Waals surface area contributed by atoms with Crippen molar-refractivity contribution < 1.29 is 17.6 Å². The van der Waals surface area contributed by atoms with Crippen molar-refractivity contribution >= 4 is 38.2 Å². The molecule has 1 fully saturated rings. The Morgan fingerprint density at radius 2 is 1.73 bits per heavy atom. The molecule has 0 radical (unpaired) electrons. The summed E-state index contributed by atoms with van der Waals surface area (Å²) in [5.41, 5.74) is 1.31. The monoisotopic (exact) mass is 461 g/mol. The predicted octanol–water partition coefficient (Wildman–Crippen LogP) is 4.92. The molecule has 2 N–H and O–H groups in total. The average Bonchev–Trinajstić information content (AvgIpc) is 3.61. The van der Waals surface area contributed by atoms with Gasteiger partial charge in [0.15, 0.2) is 0 Å². The summed E-state index contributed by atoms with van der Waals surface area (Å²) in [6, 6.07) is 22.3. The quantitative estimate of drug-likeness (QED) is 0.427. The molecule has 0 aliphatic heterocycles. The molecule has 5 rings (SSSR count). The third-order valence-corrected chi connectivity index (χ3v) is 7.09. The summed E-state index contributed by atoms with van der Waals surface area (Å²) in [6.07, 6.45) is 2.01. The van der Waals surface area contributed by atoms with Crippen molar-refractivity contribution in [2.24, 2.45) is 5.92 Å². The number of aromatic nitrogens is 1. The van der Waals surface area contributed by atoms with E-state index in [1.807, 2.05) is 42.5 Å². The second kappa shape index (κ2) is 8.29. The van der Waals surface area contributed by atoms with Gasteiger partial charge in [0.25, 0.3) is 10.0 Å². The topological polar surface area (TPSA) is 88.2 Å². The first kappa shape index (κ1) is 21.1. The highest BCUT2D eigenvalue weighted by Crippen LogP contribution is 2.48. The van der Waals surface area contributed by atoms with Gasteiger partial charge in [-0.1, -0.05) is 42.5 Å². The van der Waals surface area contributed by atoms with Crippen molar-refractivity contribution in [3.63, 3.8) is 0 Å². The SMILES string of the molecule is O=C(Nc1ccc2ccccc2c1)[C@@H]1C[C@H]1c1ccc(F)c(S(=O)(=O)Nc2ccccn2)c1. The van der Waals surface area contributed by atoms with E-state index >= 15 is 0 Å². The molecule has 166 valence electrons. The molecular formula is C25H20FN3O3S. The number of amides is 1. The van der Waals surface area contributed by atoms with Crippen molar-refractivity contribution in [2.75, 3.05) is 10.0 Å². The molecule has 4 aromatic rings. The summed E-state index contributed by atoms with van der Waals surface area (Å²) in [6.45, 7) is 0. The van der Waals surface area contributed by atoms with Crippen LogP contribution in [0.1, 0.15) is 17.9 Å². The van der Waals surface area contributed by atoms with Crippen LogP contribution in [-0.2, 0) is 14.8 Å². The number of pyridine rings is 1. The van der Waals surface area contributed by atoms with Gasteiger partial charge in [-0.15, -0.1) is 0 Å². The van der Waals surface area contributed by atoms with Gasteiger partial charge in [0.2, 0.25) is 5.91 Å². The number of carbonyl (C=O) groups excluding carboxylic acids is 1. The fraction of sp³-hybridized carbons (Fsp3) is 0.120.